The molecule has 29 heavy (non-hydrogen) atoms. The fourth-order valence-electron chi connectivity index (χ4n) is 5.29. The summed E-state index contributed by atoms with van der Waals surface area (Å²) in [6.45, 7) is 2.50. The van der Waals surface area contributed by atoms with Crippen LogP contribution in [0, 0.1) is 0 Å². The summed E-state index contributed by atoms with van der Waals surface area (Å²) >= 11 is 0. The SMILES string of the molecule is O=C(N[C@H]1C[C@H]2CO[C@@H](c3ccccc3)CN2C1)c1cn[nH]c1C1CCCCC1. The second-order valence-electron chi connectivity index (χ2n) is 8.78. The zero-order chi connectivity index (χ0) is 19.6. The molecule has 6 heteroatoms. The third kappa shape index (κ3) is 3.96. The van der Waals surface area contributed by atoms with Crippen molar-refractivity contribution in [2.45, 2.75) is 62.6 Å². The predicted molar refractivity (Wildman–Crippen MR) is 111 cm³/mol. The quantitative estimate of drug-likeness (QED) is 0.834. The minimum absolute atomic E-state index is 0.0182. The molecule has 3 fully saturated rings. The van der Waals surface area contributed by atoms with Gasteiger partial charge in [-0.05, 0) is 24.8 Å². The van der Waals surface area contributed by atoms with Gasteiger partial charge in [0.15, 0.2) is 0 Å². The first-order valence-electron chi connectivity index (χ1n) is 11.0. The number of nitrogens with zero attached hydrogens (tertiary/aromatic N) is 2. The molecule has 3 aliphatic rings. The number of H-pyrrole nitrogens is 1. The van der Waals surface area contributed by atoms with E-state index in [4.69, 9.17) is 4.74 Å². The largest absolute Gasteiger partial charge is 0.371 e. The van der Waals surface area contributed by atoms with Crippen molar-refractivity contribution in [2.24, 2.45) is 0 Å². The number of hydrogen-bond acceptors (Lipinski definition) is 4. The van der Waals surface area contributed by atoms with Gasteiger partial charge in [-0.2, -0.15) is 5.10 Å². The van der Waals surface area contributed by atoms with Gasteiger partial charge in [-0.1, -0.05) is 49.6 Å². The lowest BCUT2D eigenvalue weighted by molar-refractivity contribution is -0.0502. The van der Waals surface area contributed by atoms with E-state index in [1.54, 1.807) is 6.20 Å². The number of aromatic nitrogens is 2. The van der Waals surface area contributed by atoms with Gasteiger partial charge in [-0.15, -0.1) is 0 Å². The molecule has 0 bridgehead atoms. The molecule has 1 aromatic heterocycles. The summed E-state index contributed by atoms with van der Waals surface area (Å²) in [5.41, 5.74) is 3.00. The molecule has 0 unspecified atom stereocenters. The van der Waals surface area contributed by atoms with Crippen LogP contribution in [0.3, 0.4) is 0 Å². The van der Waals surface area contributed by atoms with E-state index in [1.165, 1.54) is 24.8 Å². The zero-order valence-corrected chi connectivity index (χ0v) is 16.8. The highest BCUT2D eigenvalue weighted by Crippen LogP contribution is 2.34. The Morgan fingerprint density at radius 3 is 2.79 bits per heavy atom. The number of fused-ring (bicyclic) bond motifs is 1. The van der Waals surface area contributed by atoms with Gasteiger partial charge in [0.2, 0.25) is 0 Å². The van der Waals surface area contributed by atoms with Gasteiger partial charge in [0, 0.05) is 31.1 Å². The maximum atomic E-state index is 13.0. The zero-order valence-electron chi connectivity index (χ0n) is 16.8. The van der Waals surface area contributed by atoms with Gasteiger partial charge in [0.05, 0.1) is 30.2 Å². The number of carbonyl (C=O) groups is 1. The molecule has 154 valence electrons. The first-order valence-corrected chi connectivity index (χ1v) is 11.0. The second-order valence-corrected chi connectivity index (χ2v) is 8.78. The van der Waals surface area contributed by atoms with E-state index in [0.717, 1.165) is 50.2 Å². The Balaban J connectivity index is 1.21. The van der Waals surface area contributed by atoms with Gasteiger partial charge in [-0.25, -0.2) is 0 Å². The molecule has 1 aliphatic carbocycles. The van der Waals surface area contributed by atoms with Crippen LogP contribution in [-0.2, 0) is 4.74 Å². The Bertz CT molecular complexity index is 830. The summed E-state index contributed by atoms with van der Waals surface area (Å²) in [6, 6.07) is 11.0. The van der Waals surface area contributed by atoms with Crippen LogP contribution < -0.4 is 5.32 Å². The van der Waals surface area contributed by atoms with Gasteiger partial charge in [0.25, 0.3) is 5.91 Å². The second kappa shape index (κ2) is 8.28. The van der Waals surface area contributed by atoms with Crippen molar-refractivity contribution in [3.05, 3.63) is 53.3 Å². The average molecular weight is 395 g/mol. The van der Waals surface area contributed by atoms with E-state index < -0.39 is 0 Å². The van der Waals surface area contributed by atoms with Crippen molar-refractivity contribution < 1.29 is 9.53 Å². The number of ether oxygens (including phenoxy) is 1. The van der Waals surface area contributed by atoms with Crippen molar-refractivity contribution in [3.8, 4) is 0 Å². The van der Waals surface area contributed by atoms with E-state index in [9.17, 15) is 4.79 Å². The molecule has 2 saturated heterocycles. The van der Waals surface area contributed by atoms with E-state index in [0.29, 0.717) is 12.0 Å². The van der Waals surface area contributed by atoms with Gasteiger partial charge in [0.1, 0.15) is 0 Å². The molecule has 0 spiro atoms. The van der Waals surface area contributed by atoms with Gasteiger partial charge in [-0.3, -0.25) is 14.8 Å². The van der Waals surface area contributed by atoms with Crippen molar-refractivity contribution in [1.82, 2.24) is 20.4 Å². The van der Waals surface area contributed by atoms with Crippen LogP contribution in [-0.4, -0.2) is 52.8 Å². The Morgan fingerprint density at radius 1 is 1.14 bits per heavy atom. The third-order valence-corrected chi connectivity index (χ3v) is 6.85. The topological polar surface area (TPSA) is 70.2 Å². The van der Waals surface area contributed by atoms with E-state index in [2.05, 4.69) is 44.7 Å². The first kappa shape index (κ1) is 18.8. The van der Waals surface area contributed by atoms with Crippen LogP contribution in [0.2, 0.25) is 0 Å². The third-order valence-electron chi connectivity index (χ3n) is 6.85. The van der Waals surface area contributed by atoms with E-state index in [1.807, 2.05) is 6.07 Å². The van der Waals surface area contributed by atoms with Crippen LogP contribution >= 0.6 is 0 Å². The lowest BCUT2D eigenvalue weighted by Gasteiger charge is -2.35. The van der Waals surface area contributed by atoms with Crippen LogP contribution in [0.1, 0.15) is 72.2 Å². The lowest BCUT2D eigenvalue weighted by atomic mass is 9.85. The molecule has 0 radical (unpaired) electrons. The number of amides is 1. The fourth-order valence-corrected chi connectivity index (χ4v) is 5.29. The summed E-state index contributed by atoms with van der Waals surface area (Å²) in [7, 11) is 0. The number of rotatable bonds is 4. The normalized spacial score (nSPS) is 28.2. The Hall–Kier alpha value is -2.18. The summed E-state index contributed by atoms with van der Waals surface area (Å²) in [4.78, 5) is 15.5. The molecule has 6 nitrogen and oxygen atoms in total. The summed E-state index contributed by atoms with van der Waals surface area (Å²) in [5.74, 6) is 0.464. The summed E-state index contributed by atoms with van der Waals surface area (Å²) in [6.07, 6.45) is 8.87. The molecule has 2 aromatic rings. The number of hydrogen-bond donors (Lipinski definition) is 2. The van der Waals surface area contributed by atoms with Crippen LogP contribution in [0.15, 0.2) is 36.5 Å². The molecular weight excluding hydrogens is 364 g/mol. The molecule has 2 N–H and O–H groups in total. The van der Waals surface area contributed by atoms with Crippen LogP contribution in [0.25, 0.3) is 0 Å². The van der Waals surface area contributed by atoms with Crippen LogP contribution in [0.4, 0.5) is 0 Å². The molecule has 1 saturated carbocycles. The van der Waals surface area contributed by atoms with Crippen molar-refractivity contribution in [2.75, 3.05) is 19.7 Å². The molecule has 1 amide bonds. The lowest BCUT2D eigenvalue weighted by Crippen LogP contribution is -2.43. The Kier molecular flexibility index (Phi) is 5.38. The number of benzene rings is 1. The monoisotopic (exact) mass is 394 g/mol. The highest BCUT2D eigenvalue weighted by atomic mass is 16.5. The Labute approximate surface area is 172 Å². The number of morpholine rings is 1. The number of aromatic amines is 1. The van der Waals surface area contributed by atoms with E-state index >= 15 is 0 Å². The molecular formula is C23H30N4O2. The standard InChI is InChI=1S/C23H30N4O2/c28-23(20-12-24-26-22(20)17-9-5-2-6-10-17)25-18-11-19-15-29-21(14-27(19)13-18)16-7-3-1-4-8-16/h1,3-4,7-8,12,17-19,21H,2,5-6,9-11,13-15H2,(H,24,26)(H,25,28)/t18-,19-,21+/m0/s1. The summed E-state index contributed by atoms with van der Waals surface area (Å²) in [5, 5.41) is 10.6. The van der Waals surface area contributed by atoms with Gasteiger partial charge >= 0.3 is 0 Å². The molecule has 3 atom stereocenters. The average Bonchev–Trinajstić information content (AvgIpc) is 3.41. The fraction of sp³-hybridized carbons (Fsp3) is 0.565. The van der Waals surface area contributed by atoms with Gasteiger partial charge < -0.3 is 10.1 Å². The molecule has 1 aromatic carbocycles. The van der Waals surface area contributed by atoms with Crippen LogP contribution in [0.5, 0.6) is 0 Å². The minimum Gasteiger partial charge on any atom is -0.371 e. The maximum Gasteiger partial charge on any atom is 0.255 e. The molecule has 3 heterocycles. The number of carbonyl (C=O) groups excluding carboxylic acids is 1. The predicted octanol–water partition coefficient (Wildman–Crippen LogP) is 3.40. The minimum atomic E-state index is 0.0182. The highest BCUT2D eigenvalue weighted by molar-refractivity contribution is 5.95. The van der Waals surface area contributed by atoms with Crippen molar-refractivity contribution >= 4 is 5.91 Å². The van der Waals surface area contributed by atoms with Crippen molar-refractivity contribution in [3.63, 3.8) is 0 Å². The first-order chi connectivity index (χ1) is 14.3. The summed E-state index contributed by atoms with van der Waals surface area (Å²) < 4.78 is 6.13. The molecule has 2 aliphatic heterocycles. The smallest absolute Gasteiger partial charge is 0.255 e. The highest BCUT2D eigenvalue weighted by Gasteiger charge is 2.38. The molecule has 5 rings (SSSR count). The van der Waals surface area contributed by atoms with Crippen molar-refractivity contribution in [1.29, 1.82) is 0 Å². The Morgan fingerprint density at radius 2 is 1.97 bits per heavy atom. The number of nitrogens with one attached hydrogen (secondary N) is 2. The maximum absolute atomic E-state index is 13.0. The van der Waals surface area contributed by atoms with E-state index in [-0.39, 0.29) is 18.1 Å².